The lowest BCUT2D eigenvalue weighted by Crippen LogP contribution is -1.99. The van der Waals surface area contributed by atoms with Crippen LogP contribution in [0.3, 0.4) is 0 Å². The van der Waals surface area contributed by atoms with Gasteiger partial charge in [-0.3, -0.25) is 0 Å². The molecule has 0 fully saturated rings. The average molecular weight is 295 g/mol. The van der Waals surface area contributed by atoms with Crippen molar-refractivity contribution in [3.8, 4) is 28.2 Å². The summed E-state index contributed by atoms with van der Waals surface area (Å²) in [5.74, 6) is 0. The molecule has 109 valence electrons. The Labute approximate surface area is 135 Å². The van der Waals surface area contributed by atoms with E-state index < -0.39 is 0 Å². The third kappa shape index (κ3) is 2.67. The fourth-order valence-corrected chi connectivity index (χ4v) is 2.64. The van der Waals surface area contributed by atoms with Crippen LogP contribution >= 0.6 is 0 Å². The summed E-state index contributed by atoms with van der Waals surface area (Å²) in [4.78, 5) is 0. The van der Waals surface area contributed by atoms with E-state index in [0.29, 0.717) is 0 Å². The molecule has 0 saturated carbocycles. The minimum atomic E-state index is 0.938. The van der Waals surface area contributed by atoms with Crippen molar-refractivity contribution in [1.29, 1.82) is 0 Å². The zero-order valence-electron chi connectivity index (χ0n) is 12.6. The molecule has 0 amide bonds. The first-order valence-corrected chi connectivity index (χ1v) is 7.60. The van der Waals surface area contributed by atoms with E-state index in [2.05, 4.69) is 36.4 Å². The van der Waals surface area contributed by atoms with Gasteiger partial charge < -0.3 is 0 Å². The van der Waals surface area contributed by atoms with Crippen molar-refractivity contribution in [3.05, 3.63) is 97.1 Å². The van der Waals surface area contributed by atoms with Gasteiger partial charge in [0.15, 0.2) is 0 Å². The molecule has 4 aromatic rings. The predicted octanol–water partition coefficient (Wildman–Crippen LogP) is 5.01. The van der Waals surface area contributed by atoms with E-state index >= 15 is 0 Å². The Bertz CT molecular complexity index is 838. The first kappa shape index (κ1) is 13.5. The largest absolute Gasteiger partial charge is 0.232 e. The van der Waals surface area contributed by atoms with Gasteiger partial charge in [-0.05, 0) is 12.1 Å². The highest BCUT2D eigenvalue weighted by Gasteiger charge is 2.12. The van der Waals surface area contributed by atoms with Crippen LogP contribution in [0.15, 0.2) is 91.0 Å². The summed E-state index contributed by atoms with van der Waals surface area (Å²) >= 11 is 0. The van der Waals surface area contributed by atoms with Crippen LogP contribution in [0.2, 0.25) is 0 Å². The Morgan fingerprint density at radius 3 is 2.00 bits per heavy atom. The predicted molar refractivity (Wildman–Crippen MR) is 93.3 cm³/mol. The molecule has 3 aromatic carbocycles. The number of hydrogen-bond donors (Lipinski definition) is 0. The number of aromatic nitrogens is 2. The molecule has 0 aliphatic carbocycles. The van der Waals surface area contributed by atoms with Crippen LogP contribution < -0.4 is 0 Å². The van der Waals surface area contributed by atoms with Crippen LogP contribution in [0.4, 0.5) is 0 Å². The van der Waals surface area contributed by atoms with Gasteiger partial charge in [0.25, 0.3) is 0 Å². The molecule has 1 radical (unpaired) electrons. The minimum absolute atomic E-state index is 0.938. The molecule has 0 bridgehead atoms. The van der Waals surface area contributed by atoms with Gasteiger partial charge in [-0.1, -0.05) is 78.9 Å². The van der Waals surface area contributed by atoms with Gasteiger partial charge in [0, 0.05) is 17.2 Å². The maximum absolute atomic E-state index is 4.81. The van der Waals surface area contributed by atoms with Crippen LogP contribution in [-0.2, 0) is 0 Å². The highest BCUT2D eigenvalue weighted by atomic mass is 15.3. The molecule has 0 unspecified atom stereocenters. The van der Waals surface area contributed by atoms with Crippen molar-refractivity contribution >= 4 is 0 Å². The molecule has 23 heavy (non-hydrogen) atoms. The molecule has 1 heterocycles. The molecular weight excluding hydrogens is 280 g/mol. The Balaban J connectivity index is 1.91. The average Bonchev–Trinajstić information content (AvgIpc) is 3.09. The highest BCUT2D eigenvalue weighted by molar-refractivity contribution is 5.70. The van der Waals surface area contributed by atoms with Gasteiger partial charge in [-0.15, -0.1) is 0 Å². The normalized spacial score (nSPS) is 10.6. The van der Waals surface area contributed by atoms with Crippen LogP contribution in [-0.4, -0.2) is 9.78 Å². The lowest BCUT2D eigenvalue weighted by atomic mass is 10.1. The maximum Gasteiger partial charge on any atom is 0.0934 e. The lowest BCUT2D eigenvalue weighted by Gasteiger charge is -2.06. The molecule has 2 nitrogen and oxygen atoms in total. The summed E-state index contributed by atoms with van der Waals surface area (Å²) < 4.78 is 1.96. The monoisotopic (exact) mass is 295 g/mol. The third-order valence-electron chi connectivity index (χ3n) is 3.77. The van der Waals surface area contributed by atoms with E-state index in [0.717, 1.165) is 28.2 Å². The second-order valence-electron chi connectivity index (χ2n) is 5.31. The molecule has 1 aromatic heterocycles. The summed E-state index contributed by atoms with van der Waals surface area (Å²) in [7, 11) is 0. The van der Waals surface area contributed by atoms with Gasteiger partial charge >= 0.3 is 0 Å². The smallest absolute Gasteiger partial charge is 0.0934 e. The lowest BCUT2D eigenvalue weighted by molar-refractivity contribution is 0.890. The summed E-state index contributed by atoms with van der Waals surface area (Å²) in [6.45, 7) is 0. The van der Waals surface area contributed by atoms with Crippen LogP contribution in [0, 0.1) is 6.07 Å². The van der Waals surface area contributed by atoms with Crippen molar-refractivity contribution in [3.63, 3.8) is 0 Å². The number of nitrogens with zero attached hydrogens (tertiary/aromatic N) is 2. The molecular formula is C21H15N2. The SMILES string of the molecule is [c]1ccccc1-n1nc(-c2ccccc2)cc1-c1ccccc1. The molecule has 2 heteroatoms. The molecule has 0 N–H and O–H groups in total. The summed E-state index contributed by atoms with van der Waals surface area (Å²) in [6, 6.07) is 33.9. The third-order valence-corrected chi connectivity index (χ3v) is 3.77. The minimum Gasteiger partial charge on any atom is -0.232 e. The van der Waals surface area contributed by atoms with Crippen LogP contribution in [0.1, 0.15) is 0 Å². The van der Waals surface area contributed by atoms with E-state index in [-0.39, 0.29) is 0 Å². The molecule has 0 atom stereocenters. The van der Waals surface area contributed by atoms with Crippen LogP contribution in [0.25, 0.3) is 28.2 Å². The summed E-state index contributed by atoms with van der Waals surface area (Å²) in [5.41, 5.74) is 5.21. The quantitative estimate of drug-likeness (QED) is 0.519. The number of para-hydroxylation sites is 1. The highest BCUT2D eigenvalue weighted by Crippen LogP contribution is 2.28. The Kier molecular flexibility index (Phi) is 3.49. The van der Waals surface area contributed by atoms with Gasteiger partial charge in [0.2, 0.25) is 0 Å². The molecule has 0 aliphatic rings. The standard InChI is InChI=1S/C21H15N2/c1-4-10-17(11-5-1)20-16-21(18-12-6-2-7-13-18)23(22-20)19-14-8-3-9-15-19/h1-14,16H. The zero-order valence-corrected chi connectivity index (χ0v) is 12.6. The van der Waals surface area contributed by atoms with Gasteiger partial charge in [0.1, 0.15) is 0 Å². The van der Waals surface area contributed by atoms with Crippen molar-refractivity contribution < 1.29 is 0 Å². The molecule has 0 aliphatic heterocycles. The van der Waals surface area contributed by atoms with E-state index in [1.165, 1.54) is 0 Å². The Hall–Kier alpha value is -3.13. The fraction of sp³-hybridized carbons (Fsp3) is 0. The summed E-state index contributed by atoms with van der Waals surface area (Å²) in [6.07, 6.45) is 0. The number of rotatable bonds is 3. The molecule has 4 rings (SSSR count). The second-order valence-corrected chi connectivity index (χ2v) is 5.31. The van der Waals surface area contributed by atoms with Crippen molar-refractivity contribution in [2.75, 3.05) is 0 Å². The van der Waals surface area contributed by atoms with Gasteiger partial charge in [0.05, 0.1) is 17.1 Å². The number of benzene rings is 3. The summed E-state index contributed by atoms with van der Waals surface area (Å²) in [5, 5.41) is 4.81. The Morgan fingerprint density at radius 1 is 0.696 bits per heavy atom. The fourth-order valence-electron chi connectivity index (χ4n) is 2.64. The number of hydrogen-bond acceptors (Lipinski definition) is 1. The second kappa shape index (κ2) is 5.93. The van der Waals surface area contributed by atoms with E-state index in [1.54, 1.807) is 0 Å². The first-order chi connectivity index (χ1) is 11.4. The molecule has 0 saturated heterocycles. The first-order valence-electron chi connectivity index (χ1n) is 7.60. The van der Waals surface area contributed by atoms with Crippen molar-refractivity contribution in [1.82, 2.24) is 9.78 Å². The zero-order chi connectivity index (χ0) is 15.5. The maximum atomic E-state index is 4.81. The van der Waals surface area contributed by atoms with E-state index in [1.807, 2.05) is 65.3 Å². The van der Waals surface area contributed by atoms with Crippen molar-refractivity contribution in [2.24, 2.45) is 0 Å². The van der Waals surface area contributed by atoms with Gasteiger partial charge in [-0.2, -0.15) is 5.10 Å². The van der Waals surface area contributed by atoms with Crippen LogP contribution in [0.5, 0.6) is 0 Å². The Morgan fingerprint density at radius 2 is 1.35 bits per heavy atom. The van der Waals surface area contributed by atoms with Gasteiger partial charge in [-0.25, -0.2) is 4.68 Å². The van der Waals surface area contributed by atoms with E-state index in [9.17, 15) is 0 Å². The molecule has 0 spiro atoms. The topological polar surface area (TPSA) is 17.8 Å². The van der Waals surface area contributed by atoms with Crippen molar-refractivity contribution in [2.45, 2.75) is 0 Å². The van der Waals surface area contributed by atoms with E-state index in [4.69, 9.17) is 5.10 Å².